The summed E-state index contributed by atoms with van der Waals surface area (Å²) in [7, 11) is -0.824. The third-order valence-corrected chi connectivity index (χ3v) is 5.15. The second-order valence-electron chi connectivity index (χ2n) is 5.21. The Balaban J connectivity index is 2.23. The van der Waals surface area contributed by atoms with Crippen LogP contribution in [0, 0.1) is 10.1 Å². The Morgan fingerprint density at radius 2 is 1.64 bits per heavy atom. The molecule has 25 heavy (non-hydrogen) atoms. The lowest BCUT2D eigenvalue weighted by Gasteiger charge is -2.16. The van der Waals surface area contributed by atoms with E-state index < -0.39 is 21.0 Å². The summed E-state index contributed by atoms with van der Waals surface area (Å²) in [6.45, 7) is 1.68. The number of methoxy groups -OCH3 is 2. The zero-order valence-corrected chi connectivity index (χ0v) is 14.7. The van der Waals surface area contributed by atoms with Crippen molar-refractivity contribution in [2.45, 2.75) is 17.9 Å². The Morgan fingerprint density at radius 3 is 2.16 bits per heavy atom. The summed E-state index contributed by atoms with van der Waals surface area (Å²) >= 11 is 0. The Hall–Kier alpha value is -2.65. The number of nitro groups is 1. The van der Waals surface area contributed by atoms with Crippen LogP contribution in [0.5, 0.6) is 11.5 Å². The van der Waals surface area contributed by atoms with Crippen LogP contribution in [0.15, 0.2) is 47.4 Å². The van der Waals surface area contributed by atoms with E-state index in [0.29, 0.717) is 17.1 Å². The highest BCUT2D eigenvalue weighted by Gasteiger charge is 2.20. The van der Waals surface area contributed by atoms with Crippen LogP contribution in [0.3, 0.4) is 0 Å². The minimum absolute atomic E-state index is 0.0505. The van der Waals surface area contributed by atoms with Crippen molar-refractivity contribution in [3.63, 3.8) is 0 Å². The highest BCUT2D eigenvalue weighted by Crippen LogP contribution is 2.30. The Bertz CT molecular complexity index is 865. The lowest BCUT2D eigenvalue weighted by molar-refractivity contribution is -0.384. The van der Waals surface area contributed by atoms with E-state index in [2.05, 4.69) is 4.72 Å². The van der Waals surface area contributed by atoms with Crippen molar-refractivity contribution >= 4 is 15.7 Å². The van der Waals surface area contributed by atoms with Gasteiger partial charge in [-0.25, -0.2) is 13.1 Å². The molecule has 134 valence electrons. The van der Waals surface area contributed by atoms with Crippen LogP contribution >= 0.6 is 0 Å². The summed E-state index contributed by atoms with van der Waals surface area (Å²) in [5.41, 5.74) is 0.509. The van der Waals surface area contributed by atoms with Crippen LogP contribution < -0.4 is 14.2 Å². The highest BCUT2D eigenvalue weighted by molar-refractivity contribution is 7.89. The van der Waals surface area contributed by atoms with E-state index in [1.54, 1.807) is 25.1 Å². The monoisotopic (exact) mass is 366 g/mol. The first kappa shape index (κ1) is 18.7. The largest absolute Gasteiger partial charge is 0.493 e. The third kappa shape index (κ3) is 4.25. The molecule has 0 saturated heterocycles. The van der Waals surface area contributed by atoms with Gasteiger partial charge in [0.05, 0.1) is 24.0 Å². The van der Waals surface area contributed by atoms with Gasteiger partial charge in [0.25, 0.3) is 5.69 Å². The molecular formula is C16H18N2O6S. The van der Waals surface area contributed by atoms with Gasteiger partial charge in [-0.2, -0.15) is 0 Å². The van der Waals surface area contributed by atoms with Gasteiger partial charge in [-0.05, 0) is 36.8 Å². The number of hydrogen-bond acceptors (Lipinski definition) is 6. The molecule has 8 nitrogen and oxygen atoms in total. The van der Waals surface area contributed by atoms with Crippen molar-refractivity contribution in [2.75, 3.05) is 14.2 Å². The zero-order valence-electron chi connectivity index (χ0n) is 13.9. The van der Waals surface area contributed by atoms with Gasteiger partial charge in [0.2, 0.25) is 10.0 Å². The Labute approximate surface area is 145 Å². The summed E-state index contributed by atoms with van der Waals surface area (Å²) in [5.74, 6) is 1.03. The second-order valence-corrected chi connectivity index (χ2v) is 6.92. The van der Waals surface area contributed by atoms with Gasteiger partial charge in [0.1, 0.15) is 0 Å². The van der Waals surface area contributed by atoms with Gasteiger partial charge in [0, 0.05) is 18.2 Å². The molecule has 1 atom stereocenters. The molecule has 0 spiro atoms. The van der Waals surface area contributed by atoms with E-state index in [4.69, 9.17) is 9.47 Å². The standard InChI is InChI=1S/C16H18N2O6S/c1-11(12-4-9-15(23-2)16(10-12)24-3)17-25(21,22)14-7-5-13(6-8-14)18(19)20/h4-11,17H,1-3H3/t11-/m0/s1. The molecule has 0 aliphatic rings. The predicted octanol–water partition coefficient (Wildman–Crippen LogP) is 2.65. The van der Waals surface area contributed by atoms with Gasteiger partial charge in [-0.3, -0.25) is 10.1 Å². The van der Waals surface area contributed by atoms with E-state index in [-0.39, 0.29) is 10.6 Å². The summed E-state index contributed by atoms with van der Waals surface area (Å²) in [5, 5.41) is 10.7. The number of non-ortho nitro benzene ring substituents is 1. The number of rotatable bonds is 7. The van der Waals surface area contributed by atoms with Gasteiger partial charge < -0.3 is 9.47 Å². The number of ether oxygens (including phenoxy) is 2. The molecule has 0 saturated carbocycles. The maximum atomic E-state index is 12.4. The molecular weight excluding hydrogens is 348 g/mol. The van der Waals surface area contributed by atoms with Crippen LogP contribution in [0.25, 0.3) is 0 Å². The van der Waals surface area contributed by atoms with E-state index >= 15 is 0 Å². The van der Waals surface area contributed by atoms with Crippen LogP contribution in [-0.2, 0) is 10.0 Å². The minimum atomic E-state index is -3.83. The molecule has 2 aromatic rings. The van der Waals surface area contributed by atoms with Gasteiger partial charge in [0.15, 0.2) is 11.5 Å². The average Bonchev–Trinajstić information content (AvgIpc) is 2.60. The molecule has 0 unspecified atom stereocenters. The fraction of sp³-hybridized carbons (Fsp3) is 0.250. The van der Waals surface area contributed by atoms with Gasteiger partial charge in [-0.15, -0.1) is 0 Å². The smallest absolute Gasteiger partial charge is 0.269 e. The average molecular weight is 366 g/mol. The minimum Gasteiger partial charge on any atom is -0.493 e. The molecule has 0 amide bonds. The Kier molecular flexibility index (Phi) is 5.60. The molecule has 0 aliphatic heterocycles. The fourth-order valence-corrected chi connectivity index (χ4v) is 3.47. The maximum absolute atomic E-state index is 12.4. The van der Waals surface area contributed by atoms with Crippen LogP contribution in [0.1, 0.15) is 18.5 Å². The predicted molar refractivity (Wildman–Crippen MR) is 91.4 cm³/mol. The summed E-state index contributed by atoms with van der Waals surface area (Å²) in [6.07, 6.45) is 0. The maximum Gasteiger partial charge on any atom is 0.269 e. The van der Waals surface area contributed by atoms with Gasteiger partial charge in [-0.1, -0.05) is 6.07 Å². The van der Waals surface area contributed by atoms with Crippen molar-refractivity contribution in [1.82, 2.24) is 4.72 Å². The van der Waals surface area contributed by atoms with Crippen molar-refractivity contribution in [1.29, 1.82) is 0 Å². The Morgan fingerprint density at radius 1 is 1.04 bits per heavy atom. The molecule has 2 rings (SSSR count). The van der Waals surface area contributed by atoms with E-state index in [1.807, 2.05) is 0 Å². The van der Waals surface area contributed by atoms with Crippen LogP contribution in [-0.4, -0.2) is 27.6 Å². The first-order valence-electron chi connectivity index (χ1n) is 7.27. The van der Waals surface area contributed by atoms with E-state index in [0.717, 1.165) is 12.1 Å². The molecule has 0 aromatic heterocycles. The SMILES string of the molecule is COc1ccc([C@H](C)NS(=O)(=O)c2ccc([N+](=O)[O-])cc2)cc1OC. The van der Waals surface area contributed by atoms with E-state index in [9.17, 15) is 18.5 Å². The number of sulfonamides is 1. The lowest BCUT2D eigenvalue weighted by Crippen LogP contribution is -2.26. The summed E-state index contributed by atoms with van der Waals surface area (Å²) < 4.78 is 37.8. The van der Waals surface area contributed by atoms with E-state index in [1.165, 1.54) is 26.4 Å². The van der Waals surface area contributed by atoms with Crippen LogP contribution in [0.2, 0.25) is 0 Å². The number of hydrogen-bond donors (Lipinski definition) is 1. The molecule has 0 radical (unpaired) electrons. The van der Waals surface area contributed by atoms with Crippen molar-refractivity contribution in [2.24, 2.45) is 0 Å². The fourth-order valence-electron chi connectivity index (χ4n) is 2.24. The quantitative estimate of drug-likeness (QED) is 0.596. The lowest BCUT2D eigenvalue weighted by atomic mass is 10.1. The number of nitrogens with zero attached hydrogens (tertiary/aromatic N) is 1. The summed E-state index contributed by atoms with van der Waals surface area (Å²) in [6, 6.07) is 9.24. The first-order chi connectivity index (χ1) is 11.8. The third-order valence-electron chi connectivity index (χ3n) is 3.60. The highest BCUT2D eigenvalue weighted by atomic mass is 32.2. The molecule has 1 N–H and O–H groups in total. The van der Waals surface area contributed by atoms with Crippen molar-refractivity contribution < 1.29 is 22.8 Å². The molecule has 0 fully saturated rings. The number of benzene rings is 2. The first-order valence-corrected chi connectivity index (χ1v) is 8.75. The normalized spacial score (nSPS) is 12.4. The van der Waals surface area contributed by atoms with Gasteiger partial charge >= 0.3 is 0 Å². The molecule has 0 heterocycles. The molecule has 0 bridgehead atoms. The van der Waals surface area contributed by atoms with Crippen LogP contribution in [0.4, 0.5) is 5.69 Å². The topological polar surface area (TPSA) is 108 Å². The zero-order chi connectivity index (χ0) is 18.6. The molecule has 0 aliphatic carbocycles. The second kappa shape index (κ2) is 7.49. The molecule has 2 aromatic carbocycles. The summed E-state index contributed by atoms with van der Waals surface area (Å²) in [4.78, 5) is 10.0. The molecule has 9 heteroatoms. The van der Waals surface area contributed by atoms with Crippen molar-refractivity contribution in [3.8, 4) is 11.5 Å². The number of nitro benzene ring substituents is 1. The van der Waals surface area contributed by atoms with Crippen molar-refractivity contribution in [3.05, 3.63) is 58.1 Å². The number of nitrogens with one attached hydrogen (secondary N) is 1.